The highest BCUT2D eigenvalue weighted by Crippen LogP contribution is 2.56. The van der Waals surface area contributed by atoms with Crippen LogP contribution in [0.25, 0.3) is 5.76 Å². The molecule has 1 fully saturated rings. The first-order valence-electron chi connectivity index (χ1n) is 10.8. The summed E-state index contributed by atoms with van der Waals surface area (Å²) in [4.78, 5) is 38.5. The van der Waals surface area contributed by atoms with Gasteiger partial charge < -0.3 is 37.0 Å². The van der Waals surface area contributed by atoms with Gasteiger partial charge in [0, 0.05) is 17.4 Å². The number of hydrogen-bond acceptors (Lipinski definition) is 9. The maximum Gasteiger partial charge on any atom is 0.255 e. The lowest BCUT2D eigenvalue weighted by molar-refractivity contribution is -0.162. The molecule has 0 spiro atoms. The number of hydrogen-bond donors (Lipinski definition) is 7. The first kappa shape index (κ1) is 22.8. The lowest BCUT2D eigenvalue weighted by Crippen LogP contribution is -2.70. The second-order valence-electron chi connectivity index (χ2n) is 9.01. The Kier molecular flexibility index (Phi) is 4.89. The van der Waals surface area contributed by atoms with Crippen molar-refractivity contribution < 1.29 is 39.9 Å². The van der Waals surface area contributed by atoms with Crippen molar-refractivity contribution in [3.8, 4) is 5.75 Å². The number of ketones is 2. The number of aliphatic hydroxyl groups excluding tert-OH is 3. The van der Waals surface area contributed by atoms with Crippen LogP contribution in [0.1, 0.15) is 22.6 Å². The molecule has 0 saturated heterocycles. The fourth-order valence-electron chi connectivity index (χ4n) is 5.84. The van der Waals surface area contributed by atoms with E-state index < -0.39 is 75.6 Å². The number of aromatic hydroxyl groups is 1. The number of rotatable bonds is 2. The SMILES string of the molecule is NC(=O)C1=C(O)[C@@]2(O)C(=O)C3=C(O)c4c(O)cccc4[C@H](c4ccccc4)[C@H]3[C@H](O)[C@H]2[C@H](N)C1=O. The third kappa shape index (κ3) is 2.78. The van der Waals surface area contributed by atoms with Crippen molar-refractivity contribution in [2.45, 2.75) is 23.7 Å². The number of phenols is 1. The molecular weight excluding hydrogens is 456 g/mol. The average molecular weight is 478 g/mol. The van der Waals surface area contributed by atoms with Crippen LogP contribution in [0.5, 0.6) is 5.75 Å². The largest absolute Gasteiger partial charge is 0.508 e. The van der Waals surface area contributed by atoms with Gasteiger partial charge in [-0.3, -0.25) is 14.4 Å². The number of carbonyl (C=O) groups is 3. The summed E-state index contributed by atoms with van der Waals surface area (Å²) >= 11 is 0. The van der Waals surface area contributed by atoms with Crippen LogP contribution < -0.4 is 11.5 Å². The van der Waals surface area contributed by atoms with E-state index in [1.165, 1.54) is 6.07 Å². The molecule has 3 aliphatic rings. The molecule has 180 valence electrons. The first-order valence-corrected chi connectivity index (χ1v) is 10.8. The van der Waals surface area contributed by atoms with E-state index in [9.17, 15) is 39.9 Å². The molecule has 0 heterocycles. The Morgan fingerprint density at radius 3 is 2.26 bits per heavy atom. The standard InChI is InChI=1S/C25H22N2O8/c26-18-17-20(30)14-12(9-5-2-1-3-6-9)10-7-4-8-11(28)13(10)19(29)15(14)22(32)25(17,35)23(33)16(21(18)31)24(27)34/h1-8,12,14,17-18,20,28-30,33,35H,26H2,(H2,27,34)/t12-,14+,17+,18-,20-,25-/m0/s1. The summed E-state index contributed by atoms with van der Waals surface area (Å²) in [5.74, 6) is -9.96. The summed E-state index contributed by atoms with van der Waals surface area (Å²) in [6.45, 7) is 0. The molecule has 0 aliphatic heterocycles. The number of nitrogens with two attached hydrogens (primary N) is 2. The third-order valence-corrected chi connectivity index (χ3v) is 7.34. The maximum atomic E-state index is 13.8. The van der Waals surface area contributed by atoms with Gasteiger partial charge in [0.25, 0.3) is 5.91 Å². The summed E-state index contributed by atoms with van der Waals surface area (Å²) < 4.78 is 0. The van der Waals surface area contributed by atoms with Crippen LogP contribution in [0.4, 0.5) is 0 Å². The number of carbonyl (C=O) groups excluding carboxylic acids is 3. The number of Topliss-reactive ketones (excluding diaryl/α,β-unsaturated/α-hetero) is 2. The Morgan fingerprint density at radius 1 is 0.971 bits per heavy atom. The van der Waals surface area contributed by atoms with E-state index in [4.69, 9.17) is 11.5 Å². The van der Waals surface area contributed by atoms with E-state index in [2.05, 4.69) is 0 Å². The van der Waals surface area contributed by atoms with Gasteiger partial charge in [0.05, 0.1) is 23.6 Å². The molecule has 6 atom stereocenters. The van der Waals surface area contributed by atoms with Gasteiger partial charge in [-0.2, -0.15) is 0 Å². The molecule has 0 unspecified atom stereocenters. The summed E-state index contributed by atoms with van der Waals surface area (Å²) in [7, 11) is 0. The van der Waals surface area contributed by atoms with Crippen LogP contribution >= 0.6 is 0 Å². The molecule has 9 N–H and O–H groups in total. The van der Waals surface area contributed by atoms with Gasteiger partial charge in [0.1, 0.15) is 22.8 Å². The van der Waals surface area contributed by atoms with Crippen LogP contribution in [-0.4, -0.2) is 60.8 Å². The third-order valence-electron chi connectivity index (χ3n) is 7.34. The van der Waals surface area contributed by atoms with Gasteiger partial charge in [-0.15, -0.1) is 0 Å². The molecule has 5 rings (SSSR count). The minimum absolute atomic E-state index is 0.0787. The summed E-state index contributed by atoms with van der Waals surface area (Å²) in [5.41, 5.74) is 7.62. The van der Waals surface area contributed by atoms with Crippen molar-refractivity contribution in [2.24, 2.45) is 23.3 Å². The Morgan fingerprint density at radius 2 is 1.63 bits per heavy atom. The van der Waals surface area contributed by atoms with Gasteiger partial charge in [-0.25, -0.2) is 0 Å². The van der Waals surface area contributed by atoms with Gasteiger partial charge in [0.15, 0.2) is 11.4 Å². The highest BCUT2D eigenvalue weighted by atomic mass is 16.4. The summed E-state index contributed by atoms with van der Waals surface area (Å²) in [6.07, 6.45) is -1.74. The number of aliphatic hydroxyl groups is 4. The number of amides is 1. The van der Waals surface area contributed by atoms with E-state index in [1.807, 2.05) is 0 Å². The maximum absolute atomic E-state index is 13.8. The summed E-state index contributed by atoms with van der Waals surface area (Å²) in [6, 6.07) is 11.4. The predicted octanol–water partition coefficient (Wildman–Crippen LogP) is -0.0787. The van der Waals surface area contributed by atoms with Crippen LogP contribution in [0.15, 0.2) is 65.4 Å². The molecule has 2 aromatic carbocycles. The van der Waals surface area contributed by atoms with E-state index in [1.54, 1.807) is 42.5 Å². The van der Waals surface area contributed by atoms with Crippen molar-refractivity contribution in [3.63, 3.8) is 0 Å². The molecule has 2 aromatic rings. The zero-order valence-electron chi connectivity index (χ0n) is 18.1. The fourth-order valence-corrected chi connectivity index (χ4v) is 5.84. The topological polar surface area (TPSA) is 204 Å². The molecule has 1 amide bonds. The van der Waals surface area contributed by atoms with E-state index >= 15 is 0 Å². The number of phenolic OH excluding ortho intramolecular Hbond substituents is 1. The molecule has 0 bridgehead atoms. The monoisotopic (exact) mass is 478 g/mol. The zero-order valence-corrected chi connectivity index (χ0v) is 18.1. The molecule has 3 aliphatic carbocycles. The van der Waals surface area contributed by atoms with Crippen molar-refractivity contribution in [1.82, 2.24) is 0 Å². The van der Waals surface area contributed by atoms with Crippen LogP contribution in [0.2, 0.25) is 0 Å². The predicted molar refractivity (Wildman–Crippen MR) is 121 cm³/mol. The van der Waals surface area contributed by atoms with Crippen molar-refractivity contribution in [3.05, 3.63) is 82.1 Å². The Labute approximate surface area is 198 Å². The summed E-state index contributed by atoms with van der Waals surface area (Å²) in [5, 5.41) is 55.5. The van der Waals surface area contributed by atoms with Gasteiger partial charge in [-0.1, -0.05) is 42.5 Å². The average Bonchev–Trinajstić information content (AvgIpc) is 2.82. The normalized spacial score (nSPS) is 32.1. The van der Waals surface area contributed by atoms with Gasteiger partial charge in [-0.05, 0) is 17.2 Å². The van der Waals surface area contributed by atoms with Crippen LogP contribution in [-0.2, 0) is 14.4 Å². The van der Waals surface area contributed by atoms with Crippen molar-refractivity contribution >= 4 is 23.2 Å². The van der Waals surface area contributed by atoms with E-state index in [0.29, 0.717) is 11.1 Å². The fraction of sp³-hybridized carbons (Fsp3) is 0.240. The minimum Gasteiger partial charge on any atom is -0.508 e. The molecule has 1 saturated carbocycles. The lowest BCUT2D eigenvalue weighted by Gasteiger charge is -2.52. The molecule has 0 radical (unpaired) electrons. The van der Waals surface area contributed by atoms with Gasteiger partial charge in [0.2, 0.25) is 5.78 Å². The highest BCUT2D eigenvalue weighted by Gasteiger charge is 2.67. The van der Waals surface area contributed by atoms with Crippen LogP contribution in [0, 0.1) is 11.8 Å². The lowest BCUT2D eigenvalue weighted by atomic mass is 9.53. The molecule has 35 heavy (non-hydrogen) atoms. The Bertz CT molecular complexity index is 1360. The Balaban J connectivity index is 1.85. The quantitative estimate of drug-likeness (QED) is 0.288. The van der Waals surface area contributed by atoms with Crippen molar-refractivity contribution in [1.29, 1.82) is 0 Å². The van der Waals surface area contributed by atoms with E-state index in [-0.39, 0.29) is 11.3 Å². The Hall–Kier alpha value is -3.99. The molecular formula is C25H22N2O8. The number of benzene rings is 2. The zero-order chi connectivity index (χ0) is 25.4. The smallest absolute Gasteiger partial charge is 0.255 e. The first-order chi connectivity index (χ1) is 16.5. The van der Waals surface area contributed by atoms with Crippen LogP contribution in [0.3, 0.4) is 0 Å². The highest BCUT2D eigenvalue weighted by molar-refractivity contribution is 6.24. The minimum atomic E-state index is -3.01. The second-order valence-corrected chi connectivity index (χ2v) is 9.01. The van der Waals surface area contributed by atoms with Gasteiger partial charge >= 0.3 is 0 Å². The van der Waals surface area contributed by atoms with Crippen molar-refractivity contribution in [2.75, 3.05) is 0 Å². The molecule has 0 aromatic heterocycles. The van der Waals surface area contributed by atoms with E-state index in [0.717, 1.165) is 0 Å². The number of fused-ring (bicyclic) bond motifs is 3. The second kappa shape index (κ2) is 7.51. The number of primary amides is 1. The molecule has 10 nitrogen and oxygen atoms in total. The molecule has 10 heteroatoms.